The molecule has 0 radical (unpaired) electrons. The van der Waals surface area contributed by atoms with Crippen LogP contribution < -0.4 is 9.62 Å². The van der Waals surface area contributed by atoms with Crippen LogP contribution in [0.15, 0.2) is 77.7 Å². The summed E-state index contributed by atoms with van der Waals surface area (Å²) in [6, 6.07) is 17.1. The minimum atomic E-state index is -4.22. The molecular formula is C20H15Cl2N3O5S. The van der Waals surface area contributed by atoms with E-state index >= 15 is 0 Å². The van der Waals surface area contributed by atoms with Gasteiger partial charge in [-0.3, -0.25) is 19.2 Å². The maximum Gasteiger partial charge on any atom is 0.271 e. The summed E-state index contributed by atoms with van der Waals surface area (Å²) in [7, 11) is -4.22. The van der Waals surface area contributed by atoms with Gasteiger partial charge in [0.15, 0.2) is 0 Å². The van der Waals surface area contributed by atoms with Gasteiger partial charge in [0.05, 0.1) is 31.2 Å². The summed E-state index contributed by atoms with van der Waals surface area (Å²) in [4.78, 5) is 23.2. The van der Waals surface area contributed by atoms with Crippen molar-refractivity contribution >= 4 is 56.2 Å². The van der Waals surface area contributed by atoms with E-state index in [9.17, 15) is 23.3 Å². The highest BCUT2D eigenvalue weighted by molar-refractivity contribution is 7.92. The Morgan fingerprint density at radius 2 is 1.58 bits per heavy atom. The first-order valence-electron chi connectivity index (χ1n) is 8.76. The van der Waals surface area contributed by atoms with Crippen molar-refractivity contribution in [2.45, 2.75) is 4.90 Å². The quantitative estimate of drug-likeness (QED) is 0.388. The van der Waals surface area contributed by atoms with Crippen LogP contribution in [-0.4, -0.2) is 25.8 Å². The van der Waals surface area contributed by atoms with E-state index in [2.05, 4.69) is 5.32 Å². The van der Waals surface area contributed by atoms with Crippen molar-refractivity contribution in [3.63, 3.8) is 0 Å². The standard InChI is InChI=1S/C20H15Cl2N3O5S/c21-17-10-5-11-18(22)20(17)23-19(26)13-24(14-6-4-7-15(12-14)25(27)28)31(29,30)16-8-2-1-3-9-16/h1-12H,13H2,(H,23,26). The number of amides is 1. The lowest BCUT2D eigenvalue weighted by Crippen LogP contribution is -2.38. The SMILES string of the molecule is O=C(CN(c1cccc([N+](=O)[O-])c1)S(=O)(=O)c1ccccc1)Nc1c(Cl)cccc1Cl. The number of nitro benzene ring substituents is 1. The summed E-state index contributed by atoms with van der Waals surface area (Å²) in [6.45, 7) is -0.667. The van der Waals surface area contributed by atoms with Crippen molar-refractivity contribution in [3.05, 3.63) is 93.0 Å². The van der Waals surface area contributed by atoms with Gasteiger partial charge in [0.1, 0.15) is 6.54 Å². The third kappa shape index (κ3) is 5.13. The van der Waals surface area contributed by atoms with Crippen molar-refractivity contribution in [1.82, 2.24) is 0 Å². The summed E-state index contributed by atoms with van der Waals surface area (Å²) in [5.74, 6) is -0.735. The number of benzene rings is 3. The van der Waals surface area contributed by atoms with Crippen molar-refractivity contribution < 1.29 is 18.1 Å². The topological polar surface area (TPSA) is 110 Å². The van der Waals surface area contributed by atoms with Gasteiger partial charge >= 0.3 is 0 Å². The van der Waals surface area contributed by atoms with Crippen LogP contribution in [0.3, 0.4) is 0 Å². The Morgan fingerprint density at radius 3 is 2.19 bits per heavy atom. The highest BCUT2D eigenvalue weighted by Gasteiger charge is 2.28. The van der Waals surface area contributed by atoms with Crippen molar-refractivity contribution in [3.8, 4) is 0 Å². The minimum Gasteiger partial charge on any atom is -0.322 e. The maximum absolute atomic E-state index is 13.3. The lowest BCUT2D eigenvalue weighted by Gasteiger charge is -2.24. The number of halogens is 2. The Bertz CT molecular complexity index is 1220. The summed E-state index contributed by atoms with van der Waals surface area (Å²) >= 11 is 12.1. The van der Waals surface area contributed by atoms with Crippen LogP contribution in [0.5, 0.6) is 0 Å². The fourth-order valence-corrected chi connectivity index (χ4v) is 4.65. The molecule has 1 N–H and O–H groups in total. The molecule has 31 heavy (non-hydrogen) atoms. The van der Waals surface area contributed by atoms with Crippen LogP contribution in [0.2, 0.25) is 10.0 Å². The zero-order valence-corrected chi connectivity index (χ0v) is 18.1. The molecule has 0 fully saturated rings. The Balaban J connectivity index is 2.01. The molecule has 0 saturated heterocycles. The van der Waals surface area contributed by atoms with Crippen molar-refractivity contribution in [2.75, 3.05) is 16.2 Å². The molecule has 3 rings (SSSR count). The Labute approximate surface area is 188 Å². The molecule has 11 heteroatoms. The Kier molecular flexibility index (Phi) is 6.79. The number of rotatable bonds is 7. The van der Waals surface area contributed by atoms with Gasteiger partial charge in [-0.15, -0.1) is 0 Å². The maximum atomic E-state index is 13.3. The largest absolute Gasteiger partial charge is 0.322 e. The van der Waals surface area contributed by atoms with E-state index in [1.54, 1.807) is 12.1 Å². The van der Waals surface area contributed by atoms with Gasteiger partial charge in [-0.05, 0) is 30.3 Å². The minimum absolute atomic E-state index is 0.0431. The lowest BCUT2D eigenvalue weighted by molar-refractivity contribution is -0.384. The molecule has 160 valence electrons. The number of anilines is 2. The van der Waals surface area contributed by atoms with Crippen molar-refractivity contribution in [1.29, 1.82) is 0 Å². The predicted octanol–water partition coefficient (Wildman–Crippen LogP) is 4.74. The number of non-ortho nitro benzene ring substituents is 1. The molecule has 0 bridgehead atoms. The molecule has 0 aliphatic rings. The van der Waals surface area contributed by atoms with Gasteiger partial charge in [0.25, 0.3) is 15.7 Å². The second kappa shape index (κ2) is 9.34. The van der Waals surface area contributed by atoms with E-state index in [1.807, 2.05) is 0 Å². The molecule has 0 atom stereocenters. The number of carbonyl (C=O) groups excluding carboxylic acids is 1. The average molecular weight is 480 g/mol. The molecular weight excluding hydrogens is 465 g/mol. The second-order valence-electron chi connectivity index (χ2n) is 6.25. The monoisotopic (exact) mass is 479 g/mol. The average Bonchev–Trinajstić information content (AvgIpc) is 2.75. The Hall–Kier alpha value is -3.14. The Morgan fingerprint density at radius 1 is 0.968 bits per heavy atom. The molecule has 0 heterocycles. The number of nitro groups is 1. The molecule has 0 saturated carbocycles. The smallest absolute Gasteiger partial charge is 0.271 e. The number of sulfonamides is 1. The van der Waals surface area contributed by atoms with E-state index in [0.717, 1.165) is 10.4 Å². The van der Waals surface area contributed by atoms with E-state index in [0.29, 0.717) is 0 Å². The van der Waals surface area contributed by atoms with Crippen LogP contribution in [-0.2, 0) is 14.8 Å². The first kappa shape index (κ1) is 22.5. The molecule has 0 unspecified atom stereocenters. The van der Waals surface area contributed by atoms with Gasteiger partial charge in [0.2, 0.25) is 5.91 Å². The third-order valence-corrected chi connectivity index (χ3v) is 6.59. The molecule has 0 aromatic heterocycles. The summed E-state index contributed by atoms with van der Waals surface area (Å²) in [6.07, 6.45) is 0. The van der Waals surface area contributed by atoms with Gasteiger partial charge in [-0.2, -0.15) is 0 Å². The highest BCUT2D eigenvalue weighted by Crippen LogP contribution is 2.31. The van der Waals surface area contributed by atoms with Gasteiger partial charge in [-0.1, -0.05) is 53.5 Å². The second-order valence-corrected chi connectivity index (χ2v) is 8.92. The number of nitrogens with one attached hydrogen (secondary N) is 1. The highest BCUT2D eigenvalue weighted by atomic mass is 35.5. The zero-order valence-electron chi connectivity index (χ0n) is 15.7. The molecule has 1 amide bonds. The number of hydrogen-bond acceptors (Lipinski definition) is 5. The molecule has 8 nitrogen and oxygen atoms in total. The molecule has 0 aliphatic heterocycles. The summed E-state index contributed by atoms with van der Waals surface area (Å²) in [5, 5.41) is 14.0. The fraction of sp³-hybridized carbons (Fsp3) is 0.0500. The number of hydrogen-bond donors (Lipinski definition) is 1. The molecule has 0 spiro atoms. The van der Waals surface area contributed by atoms with Crippen LogP contribution in [0.4, 0.5) is 17.1 Å². The molecule has 0 aliphatic carbocycles. The zero-order chi connectivity index (χ0) is 22.6. The van der Waals surface area contributed by atoms with E-state index < -0.39 is 27.4 Å². The van der Waals surface area contributed by atoms with Crippen LogP contribution in [0, 0.1) is 10.1 Å². The summed E-state index contributed by atoms with van der Waals surface area (Å²) < 4.78 is 27.3. The van der Waals surface area contributed by atoms with Gasteiger partial charge in [0, 0.05) is 12.1 Å². The normalized spacial score (nSPS) is 11.0. The number of carbonyl (C=O) groups is 1. The van der Waals surface area contributed by atoms with Gasteiger partial charge in [-0.25, -0.2) is 8.42 Å². The molecule has 3 aromatic carbocycles. The molecule has 3 aromatic rings. The van der Waals surface area contributed by atoms with E-state index in [4.69, 9.17) is 23.2 Å². The first-order valence-corrected chi connectivity index (χ1v) is 11.0. The third-order valence-electron chi connectivity index (χ3n) is 4.17. The number of nitrogens with zero attached hydrogens (tertiary/aromatic N) is 2. The number of para-hydroxylation sites is 1. The fourth-order valence-electron chi connectivity index (χ4n) is 2.72. The lowest BCUT2D eigenvalue weighted by atomic mass is 10.3. The van der Waals surface area contributed by atoms with Crippen LogP contribution >= 0.6 is 23.2 Å². The van der Waals surface area contributed by atoms with E-state index in [1.165, 1.54) is 54.6 Å². The summed E-state index contributed by atoms with van der Waals surface area (Å²) in [5.41, 5.74) is -0.231. The van der Waals surface area contributed by atoms with E-state index in [-0.39, 0.29) is 32.0 Å². The van der Waals surface area contributed by atoms with Crippen LogP contribution in [0.25, 0.3) is 0 Å². The first-order chi connectivity index (χ1) is 14.7. The van der Waals surface area contributed by atoms with Crippen LogP contribution in [0.1, 0.15) is 0 Å². The predicted molar refractivity (Wildman–Crippen MR) is 119 cm³/mol. The van der Waals surface area contributed by atoms with Crippen molar-refractivity contribution in [2.24, 2.45) is 0 Å². The van der Waals surface area contributed by atoms with Gasteiger partial charge < -0.3 is 5.32 Å².